The summed E-state index contributed by atoms with van der Waals surface area (Å²) in [5, 5.41) is 11.2. The molecule has 0 aliphatic rings. The monoisotopic (exact) mass is 378 g/mol. The van der Waals surface area contributed by atoms with E-state index < -0.39 is 5.91 Å². The van der Waals surface area contributed by atoms with E-state index in [0.717, 1.165) is 10.8 Å². The van der Waals surface area contributed by atoms with Crippen molar-refractivity contribution >= 4 is 34.2 Å². The number of methoxy groups -OCH3 is 1. The average Bonchev–Trinajstić information content (AvgIpc) is 2.66. The van der Waals surface area contributed by atoms with E-state index in [0.29, 0.717) is 33.0 Å². The summed E-state index contributed by atoms with van der Waals surface area (Å²) >= 11 is 6.48. The number of hydrogen-bond acceptors (Lipinski definition) is 3. The van der Waals surface area contributed by atoms with E-state index >= 15 is 0 Å². The SMILES string of the molecule is COc1cc(C#N)ccc1-c1c(Cl)ccc2ccc(C(=O)N=C(N)N)cc12. The molecule has 0 aliphatic heterocycles. The molecule has 4 N–H and O–H groups in total. The molecule has 3 aromatic carbocycles. The van der Waals surface area contributed by atoms with Crippen LogP contribution >= 0.6 is 11.6 Å². The minimum absolute atomic E-state index is 0.305. The summed E-state index contributed by atoms with van der Waals surface area (Å²) in [5.74, 6) is -0.348. The fourth-order valence-electron chi connectivity index (χ4n) is 2.85. The molecule has 0 spiro atoms. The third-order valence-corrected chi connectivity index (χ3v) is 4.36. The standard InChI is InChI=1S/C20H15ClN4O2/c1-27-17-8-11(10-22)2-6-14(17)18-15-9-13(19(26)25-20(23)24)4-3-12(15)5-7-16(18)21/h2-9H,1H3,(H4,23,24,25,26). The van der Waals surface area contributed by atoms with Gasteiger partial charge in [0.2, 0.25) is 0 Å². The number of rotatable bonds is 3. The number of aliphatic imine (C=N–C) groups is 1. The van der Waals surface area contributed by atoms with Crippen molar-refractivity contribution in [3.8, 4) is 22.9 Å². The van der Waals surface area contributed by atoms with Gasteiger partial charge in [0.1, 0.15) is 5.75 Å². The number of nitrogens with two attached hydrogens (primary N) is 2. The molecule has 27 heavy (non-hydrogen) atoms. The first-order valence-electron chi connectivity index (χ1n) is 7.89. The second kappa shape index (κ2) is 7.36. The molecule has 0 bridgehead atoms. The van der Waals surface area contributed by atoms with Crippen molar-refractivity contribution in [1.29, 1.82) is 5.26 Å². The van der Waals surface area contributed by atoms with Gasteiger partial charge in [-0.05, 0) is 47.2 Å². The minimum Gasteiger partial charge on any atom is -0.496 e. The molecule has 0 saturated carbocycles. The predicted molar refractivity (Wildman–Crippen MR) is 106 cm³/mol. The summed E-state index contributed by atoms with van der Waals surface area (Å²) in [7, 11) is 1.52. The van der Waals surface area contributed by atoms with E-state index in [2.05, 4.69) is 11.1 Å². The molecule has 7 heteroatoms. The van der Waals surface area contributed by atoms with Crippen molar-refractivity contribution in [3.05, 3.63) is 64.7 Å². The van der Waals surface area contributed by atoms with Crippen LogP contribution in [0.5, 0.6) is 5.75 Å². The van der Waals surface area contributed by atoms with Gasteiger partial charge in [-0.3, -0.25) is 4.79 Å². The molecule has 1 amide bonds. The topological polar surface area (TPSA) is 114 Å². The summed E-state index contributed by atoms with van der Waals surface area (Å²) in [6.07, 6.45) is 0. The minimum atomic E-state index is -0.547. The molecule has 0 fully saturated rings. The van der Waals surface area contributed by atoms with Crippen LogP contribution in [0, 0.1) is 11.3 Å². The smallest absolute Gasteiger partial charge is 0.280 e. The summed E-state index contributed by atoms with van der Waals surface area (Å²) in [5.41, 5.74) is 12.8. The molecule has 134 valence electrons. The quantitative estimate of drug-likeness (QED) is 0.535. The zero-order chi connectivity index (χ0) is 19.6. The Hall–Kier alpha value is -3.56. The van der Waals surface area contributed by atoms with Crippen LogP contribution < -0.4 is 16.2 Å². The van der Waals surface area contributed by atoms with E-state index in [9.17, 15) is 4.79 Å². The van der Waals surface area contributed by atoms with Crippen molar-refractivity contribution in [3.63, 3.8) is 0 Å². The Bertz CT molecular complexity index is 1130. The number of carbonyl (C=O) groups is 1. The van der Waals surface area contributed by atoms with Gasteiger partial charge in [0.15, 0.2) is 5.96 Å². The number of nitriles is 1. The van der Waals surface area contributed by atoms with Crippen LogP contribution in [0.1, 0.15) is 15.9 Å². The molecule has 6 nitrogen and oxygen atoms in total. The number of fused-ring (bicyclic) bond motifs is 1. The predicted octanol–water partition coefficient (Wildman–Crippen LogP) is 3.45. The van der Waals surface area contributed by atoms with Crippen LogP contribution in [0.4, 0.5) is 0 Å². The summed E-state index contributed by atoms with van der Waals surface area (Å²) < 4.78 is 5.44. The highest BCUT2D eigenvalue weighted by Crippen LogP contribution is 2.40. The Labute approximate surface area is 160 Å². The second-order valence-corrected chi connectivity index (χ2v) is 6.13. The number of ether oxygens (including phenoxy) is 1. The normalized spacial score (nSPS) is 10.3. The third-order valence-electron chi connectivity index (χ3n) is 4.05. The number of amides is 1. The highest BCUT2D eigenvalue weighted by atomic mass is 35.5. The van der Waals surface area contributed by atoms with E-state index in [1.165, 1.54) is 7.11 Å². The highest BCUT2D eigenvalue weighted by Gasteiger charge is 2.16. The number of nitrogens with zero attached hydrogens (tertiary/aromatic N) is 2. The molecule has 0 atom stereocenters. The molecule has 3 rings (SSSR count). The van der Waals surface area contributed by atoms with Crippen LogP contribution in [-0.4, -0.2) is 19.0 Å². The Morgan fingerprint density at radius 3 is 2.56 bits per heavy atom. The Morgan fingerprint density at radius 2 is 1.89 bits per heavy atom. The molecule has 0 radical (unpaired) electrons. The average molecular weight is 379 g/mol. The second-order valence-electron chi connectivity index (χ2n) is 5.73. The molecule has 0 heterocycles. The lowest BCUT2D eigenvalue weighted by Gasteiger charge is -2.14. The zero-order valence-corrected chi connectivity index (χ0v) is 15.1. The van der Waals surface area contributed by atoms with Crippen molar-refractivity contribution in [2.75, 3.05) is 7.11 Å². The van der Waals surface area contributed by atoms with Crippen LogP contribution in [0.25, 0.3) is 21.9 Å². The van der Waals surface area contributed by atoms with Gasteiger partial charge in [-0.1, -0.05) is 23.7 Å². The van der Waals surface area contributed by atoms with Crippen LogP contribution in [-0.2, 0) is 0 Å². The van der Waals surface area contributed by atoms with Gasteiger partial charge in [0, 0.05) is 21.7 Å². The summed E-state index contributed by atoms with van der Waals surface area (Å²) in [4.78, 5) is 15.8. The molecule has 3 aromatic rings. The van der Waals surface area contributed by atoms with Crippen LogP contribution in [0.3, 0.4) is 0 Å². The van der Waals surface area contributed by atoms with Crippen LogP contribution in [0.15, 0.2) is 53.5 Å². The van der Waals surface area contributed by atoms with Crippen molar-refractivity contribution < 1.29 is 9.53 Å². The number of halogens is 1. The lowest BCUT2D eigenvalue weighted by Crippen LogP contribution is -2.24. The van der Waals surface area contributed by atoms with Gasteiger partial charge in [-0.2, -0.15) is 10.3 Å². The van der Waals surface area contributed by atoms with Crippen molar-refractivity contribution in [1.82, 2.24) is 0 Å². The molecular weight excluding hydrogens is 364 g/mol. The van der Waals surface area contributed by atoms with Crippen molar-refractivity contribution in [2.45, 2.75) is 0 Å². The van der Waals surface area contributed by atoms with E-state index in [1.54, 1.807) is 42.5 Å². The van der Waals surface area contributed by atoms with Gasteiger partial charge in [-0.15, -0.1) is 0 Å². The third kappa shape index (κ3) is 3.54. The lowest BCUT2D eigenvalue weighted by molar-refractivity contribution is 0.100. The Balaban J connectivity index is 2.30. The number of guanidine groups is 1. The van der Waals surface area contributed by atoms with Gasteiger partial charge in [0.25, 0.3) is 5.91 Å². The summed E-state index contributed by atoms with van der Waals surface area (Å²) in [6.45, 7) is 0. The van der Waals surface area contributed by atoms with Crippen molar-refractivity contribution in [2.24, 2.45) is 16.5 Å². The Morgan fingerprint density at radius 1 is 1.15 bits per heavy atom. The maximum absolute atomic E-state index is 12.2. The van der Waals surface area contributed by atoms with E-state index in [4.69, 9.17) is 33.1 Å². The van der Waals surface area contributed by atoms with Gasteiger partial charge < -0.3 is 16.2 Å². The maximum atomic E-state index is 12.2. The fourth-order valence-corrected chi connectivity index (χ4v) is 3.12. The zero-order valence-electron chi connectivity index (χ0n) is 14.4. The van der Waals surface area contributed by atoms with Gasteiger partial charge >= 0.3 is 0 Å². The first kappa shape index (κ1) is 18.2. The number of benzene rings is 3. The molecule has 0 saturated heterocycles. The fraction of sp³-hybridized carbons (Fsp3) is 0.0500. The molecule has 0 unspecified atom stereocenters. The maximum Gasteiger partial charge on any atom is 0.280 e. The molecule has 0 aliphatic carbocycles. The first-order chi connectivity index (χ1) is 12.9. The first-order valence-corrected chi connectivity index (χ1v) is 8.27. The van der Waals surface area contributed by atoms with E-state index in [1.807, 2.05) is 6.07 Å². The van der Waals surface area contributed by atoms with Crippen LogP contribution in [0.2, 0.25) is 5.02 Å². The van der Waals surface area contributed by atoms with E-state index in [-0.39, 0.29) is 5.96 Å². The van der Waals surface area contributed by atoms with Gasteiger partial charge in [-0.25, -0.2) is 0 Å². The highest BCUT2D eigenvalue weighted by molar-refractivity contribution is 6.35. The largest absolute Gasteiger partial charge is 0.496 e. The number of hydrogen-bond donors (Lipinski definition) is 2. The lowest BCUT2D eigenvalue weighted by atomic mass is 9.95. The molecular formula is C20H15ClN4O2. The number of carbonyl (C=O) groups excluding carboxylic acids is 1. The van der Waals surface area contributed by atoms with Gasteiger partial charge in [0.05, 0.1) is 18.7 Å². The molecule has 0 aromatic heterocycles. The Kier molecular flexibility index (Phi) is 4.97. The summed E-state index contributed by atoms with van der Waals surface area (Å²) in [6, 6.07) is 15.9.